The van der Waals surface area contributed by atoms with Gasteiger partial charge >= 0.3 is 0 Å². The summed E-state index contributed by atoms with van der Waals surface area (Å²) in [7, 11) is -3.48. The molecule has 0 aliphatic carbocycles. The van der Waals surface area contributed by atoms with Gasteiger partial charge < -0.3 is 9.47 Å². The van der Waals surface area contributed by atoms with Gasteiger partial charge in [0.15, 0.2) is 15.0 Å². The molecule has 158 valence electrons. The fraction of sp³-hybridized carbons (Fsp3) is 0.238. The van der Waals surface area contributed by atoms with Crippen molar-refractivity contribution in [3.05, 3.63) is 59.1 Å². The van der Waals surface area contributed by atoms with Gasteiger partial charge in [0.1, 0.15) is 22.1 Å². The lowest BCUT2D eigenvalue weighted by Crippen LogP contribution is -2.16. The van der Waals surface area contributed by atoms with E-state index in [2.05, 4.69) is 10.3 Å². The molecule has 0 bridgehead atoms. The number of carbonyl (C=O) groups excluding carboxylic acids is 1. The number of aromatic nitrogens is 1. The number of para-hydroxylation sites is 1. The van der Waals surface area contributed by atoms with Crippen LogP contribution in [-0.4, -0.2) is 31.7 Å². The van der Waals surface area contributed by atoms with E-state index in [-0.39, 0.29) is 22.3 Å². The maximum absolute atomic E-state index is 12.9. The summed E-state index contributed by atoms with van der Waals surface area (Å²) in [5.74, 6) is 0.475. The van der Waals surface area contributed by atoms with Crippen LogP contribution in [0.2, 0.25) is 0 Å². The first-order chi connectivity index (χ1) is 14.1. The van der Waals surface area contributed by atoms with E-state index in [1.807, 2.05) is 26.2 Å². The van der Waals surface area contributed by atoms with Crippen LogP contribution in [0.3, 0.4) is 0 Å². The summed E-state index contributed by atoms with van der Waals surface area (Å²) >= 11 is 1.32. The molecule has 7 nitrogen and oxygen atoms in total. The highest BCUT2D eigenvalue weighted by Crippen LogP contribution is 2.32. The fourth-order valence-corrected chi connectivity index (χ4v) is 4.13. The van der Waals surface area contributed by atoms with Crippen molar-refractivity contribution in [3.63, 3.8) is 0 Å². The first-order valence-corrected chi connectivity index (χ1v) is 11.9. The summed E-state index contributed by atoms with van der Waals surface area (Å²) in [5.41, 5.74) is 1.06. The van der Waals surface area contributed by atoms with E-state index in [4.69, 9.17) is 9.47 Å². The summed E-state index contributed by atoms with van der Waals surface area (Å²) < 4.78 is 35.6. The summed E-state index contributed by atoms with van der Waals surface area (Å²) in [6.45, 7) is 5.56. The highest BCUT2D eigenvalue weighted by molar-refractivity contribution is 7.90. The number of aryl methyl sites for hydroxylation is 1. The number of rotatable bonds is 7. The number of nitrogens with zero attached hydrogens (tertiary/aromatic N) is 1. The Hall–Kier alpha value is -2.91. The van der Waals surface area contributed by atoms with Crippen molar-refractivity contribution < 1.29 is 22.7 Å². The Morgan fingerprint density at radius 1 is 1.13 bits per heavy atom. The molecular weight excluding hydrogens is 424 g/mol. The van der Waals surface area contributed by atoms with E-state index >= 15 is 0 Å². The van der Waals surface area contributed by atoms with Crippen molar-refractivity contribution in [1.82, 2.24) is 4.98 Å². The molecule has 2 aromatic carbocycles. The van der Waals surface area contributed by atoms with Crippen LogP contribution in [0.5, 0.6) is 17.2 Å². The molecule has 0 saturated heterocycles. The number of sulfone groups is 1. The van der Waals surface area contributed by atoms with Gasteiger partial charge in [0.2, 0.25) is 0 Å². The summed E-state index contributed by atoms with van der Waals surface area (Å²) in [6, 6.07) is 11.1. The third-order valence-electron chi connectivity index (χ3n) is 3.87. The minimum atomic E-state index is -3.48. The maximum Gasteiger partial charge on any atom is 0.261 e. The van der Waals surface area contributed by atoms with Crippen LogP contribution < -0.4 is 14.8 Å². The lowest BCUT2D eigenvalue weighted by molar-refractivity contribution is 0.102. The van der Waals surface area contributed by atoms with Gasteiger partial charge in [-0.05, 0) is 51.1 Å². The number of hydrogen-bond acceptors (Lipinski definition) is 7. The maximum atomic E-state index is 12.9. The molecule has 0 aliphatic rings. The number of thiazole rings is 1. The summed E-state index contributed by atoms with van der Waals surface area (Å²) in [6.07, 6.45) is 0.973. The molecule has 1 aromatic heterocycles. The minimum Gasteiger partial charge on any atom is -0.490 e. The molecule has 0 aliphatic heterocycles. The number of amides is 1. The van der Waals surface area contributed by atoms with Gasteiger partial charge in [-0.1, -0.05) is 12.1 Å². The number of nitrogens with one attached hydrogen (secondary N) is 1. The first kappa shape index (κ1) is 21.8. The van der Waals surface area contributed by atoms with E-state index in [1.165, 1.54) is 23.5 Å². The zero-order chi connectivity index (χ0) is 21.9. The molecule has 1 amide bonds. The molecule has 3 rings (SSSR count). The van der Waals surface area contributed by atoms with Gasteiger partial charge in [-0.3, -0.25) is 10.1 Å². The van der Waals surface area contributed by atoms with Crippen molar-refractivity contribution in [2.24, 2.45) is 0 Å². The summed E-state index contributed by atoms with van der Waals surface area (Å²) in [4.78, 5) is 17.2. The molecule has 9 heteroatoms. The Morgan fingerprint density at radius 2 is 1.87 bits per heavy atom. The predicted octanol–water partition coefficient (Wildman–Crippen LogP) is 4.69. The molecule has 0 saturated carbocycles. The average molecular weight is 447 g/mol. The molecule has 0 fully saturated rings. The van der Waals surface area contributed by atoms with Crippen LogP contribution in [0.15, 0.2) is 52.7 Å². The highest BCUT2D eigenvalue weighted by Gasteiger charge is 2.19. The van der Waals surface area contributed by atoms with Gasteiger partial charge in [-0.25, -0.2) is 13.4 Å². The van der Waals surface area contributed by atoms with E-state index in [0.717, 1.165) is 11.9 Å². The Kier molecular flexibility index (Phi) is 6.42. The third-order valence-corrected chi connectivity index (χ3v) is 5.89. The highest BCUT2D eigenvalue weighted by atomic mass is 32.2. The predicted molar refractivity (Wildman–Crippen MR) is 117 cm³/mol. The third kappa shape index (κ3) is 5.37. The van der Waals surface area contributed by atoms with Crippen molar-refractivity contribution >= 4 is 32.2 Å². The summed E-state index contributed by atoms with van der Waals surface area (Å²) in [5, 5.41) is 5.07. The Morgan fingerprint density at radius 3 is 2.50 bits per heavy atom. The van der Waals surface area contributed by atoms with Gasteiger partial charge in [0.05, 0.1) is 17.4 Å². The SMILES string of the molecule is Cc1csc(NC(=O)c2cc(Oc3ccccc3S(C)(=O)=O)ccc2OC(C)C)n1. The lowest BCUT2D eigenvalue weighted by Gasteiger charge is -2.16. The Balaban J connectivity index is 1.96. The van der Waals surface area contributed by atoms with Gasteiger partial charge in [0.25, 0.3) is 5.91 Å². The second-order valence-electron chi connectivity index (χ2n) is 6.89. The molecule has 30 heavy (non-hydrogen) atoms. The molecule has 0 spiro atoms. The van der Waals surface area contributed by atoms with Crippen LogP contribution >= 0.6 is 11.3 Å². The van der Waals surface area contributed by atoms with Crippen LogP contribution in [-0.2, 0) is 9.84 Å². The van der Waals surface area contributed by atoms with Crippen molar-refractivity contribution in [3.8, 4) is 17.2 Å². The number of ether oxygens (including phenoxy) is 2. The van der Waals surface area contributed by atoms with Crippen molar-refractivity contribution in [2.45, 2.75) is 31.8 Å². The second kappa shape index (κ2) is 8.85. The molecular formula is C21H22N2O5S2. The van der Waals surface area contributed by atoms with Crippen molar-refractivity contribution in [1.29, 1.82) is 0 Å². The van der Waals surface area contributed by atoms with Gasteiger partial charge in [-0.2, -0.15) is 0 Å². The topological polar surface area (TPSA) is 94.6 Å². The zero-order valence-electron chi connectivity index (χ0n) is 17.0. The Labute approximate surface area is 179 Å². The van der Waals surface area contributed by atoms with Crippen LogP contribution in [0, 0.1) is 6.92 Å². The molecule has 1 heterocycles. The van der Waals surface area contributed by atoms with E-state index < -0.39 is 15.7 Å². The van der Waals surface area contributed by atoms with E-state index in [0.29, 0.717) is 16.6 Å². The zero-order valence-corrected chi connectivity index (χ0v) is 18.6. The molecule has 0 unspecified atom stereocenters. The normalized spacial score (nSPS) is 11.4. The van der Waals surface area contributed by atoms with Gasteiger partial charge in [-0.15, -0.1) is 11.3 Å². The van der Waals surface area contributed by atoms with Crippen LogP contribution in [0.1, 0.15) is 29.9 Å². The molecule has 1 N–H and O–H groups in total. The van der Waals surface area contributed by atoms with Crippen molar-refractivity contribution in [2.75, 3.05) is 11.6 Å². The van der Waals surface area contributed by atoms with Gasteiger partial charge in [0, 0.05) is 11.6 Å². The molecule has 0 atom stereocenters. The van der Waals surface area contributed by atoms with Crippen LogP contribution in [0.25, 0.3) is 0 Å². The minimum absolute atomic E-state index is 0.0665. The standard InChI is InChI=1S/C21H22N2O5S2/c1-13(2)27-17-10-9-15(28-18-7-5-6-8-19(18)30(4,25)26)11-16(17)20(24)23-21-22-14(3)12-29-21/h5-13H,1-4H3,(H,22,23,24). The second-order valence-corrected chi connectivity index (χ2v) is 9.74. The van der Waals surface area contributed by atoms with E-state index in [9.17, 15) is 13.2 Å². The number of benzene rings is 2. The molecule has 0 radical (unpaired) electrons. The van der Waals surface area contributed by atoms with Crippen LogP contribution in [0.4, 0.5) is 5.13 Å². The number of hydrogen-bond donors (Lipinski definition) is 1. The van der Waals surface area contributed by atoms with E-state index in [1.54, 1.807) is 30.3 Å². The smallest absolute Gasteiger partial charge is 0.261 e. The largest absolute Gasteiger partial charge is 0.490 e. The number of carbonyl (C=O) groups is 1. The quantitative estimate of drug-likeness (QED) is 0.566. The fourth-order valence-electron chi connectivity index (χ4n) is 2.65. The first-order valence-electron chi connectivity index (χ1n) is 9.14. The Bertz CT molecular complexity index is 1170. The number of anilines is 1. The molecule has 3 aromatic rings. The monoisotopic (exact) mass is 446 g/mol. The lowest BCUT2D eigenvalue weighted by atomic mass is 10.1. The average Bonchev–Trinajstić information content (AvgIpc) is 3.06.